The number of carboxylic acids is 2. The van der Waals surface area contributed by atoms with E-state index in [0.717, 1.165) is 51.7 Å². The molecule has 0 saturated heterocycles. The van der Waals surface area contributed by atoms with Crippen molar-refractivity contribution in [2.45, 2.75) is 118 Å². The quantitative estimate of drug-likeness (QED) is 0.166. The Morgan fingerprint density at radius 2 is 0.909 bits per heavy atom. The second-order valence-corrected chi connectivity index (χ2v) is 9.41. The van der Waals surface area contributed by atoms with Crippen molar-refractivity contribution in [3.63, 3.8) is 0 Å². The molecule has 0 aliphatic heterocycles. The van der Waals surface area contributed by atoms with Gasteiger partial charge < -0.3 is 19.8 Å². The number of carbonyl (C=O) groups excluding carboxylic acids is 4. The Hall–Kier alpha value is -0.917. The van der Waals surface area contributed by atoms with Crippen molar-refractivity contribution in [1.82, 2.24) is 0 Å². The molecule has 0 aromatic rings. The standard InChI is InChI=1S/2C8H14O3.2C4H9O.Zr/c2*1-2-3-4-5-7(9)6-8(10)11;2*1-2-3-4-5;/h2*2-6H2,1H3,(H,10,11);2*2-4H2,1H3;/q;;2*-1;+4/p-2. The van der Waals surface area contributed by atoms with Gasteiger partial charge in [0.15, 0.2) is 0 Å². The van der Waals surface area contributed by atoms with Crippen LogP contribution in [0.2, 0.25) is 0 Å². The molecular formula is C24H44O8Zr. The monoisotopic (exact) mass is 550 g/mol. The first-order chi connectivity index (χ1) is 15.7. The average molecular weight is 552 g/mol. The molecule has 33 heavy (non-hydrogen) atoms. The third-order valence-corrected chi connectivity index (χ3v) is 5.70. The summed E-state index contributed by atoms with van der Waals surface area (Å²) < 4.78 is 10.7. The van der Waals surface area contributed by atoms with E-state index in [-0.39, 0.29) is 11.6 Å². The van der Waals surface area contributed by atoms with Crippen LogP contribution in [0.1, 0.15) is 118 Å². The summed E-state index contributed by atoms with van der Waals surface area (Å²) in [5.41, 5.74) is 0. The van der Waals surface area contributed by atoms with E-state index in [4.69, 9.17) is 5.63 Å². The van der Waals surface area contributed by atoms with E-state index in [9.17, 15) is 29.4 Å². The predicted octanol–water partition coefficient (Wildman–Crippen LogP) is 3.08. The van der Waals surface area contributed by atoms with Crippen molar-refractivity contribution in [3.8, 4) is 0 Å². The van der Waals surface area contributed by atoms with Crippen LogP contribution in [0.4, 0.5) is 0 Å². The molecule has 0 saturated carbocycles. The zero-order valence-electron chi connectivity index (χ0n) is 21.1. The molecular weight excluding hydrogens is 507 g/mol. The Morgan fingerprint density at radius 1 is 0.576 bits per heavy atom. The van der Waals surface area contributed by atoms with Crippen LogP contribution >= 0.6 is 0 Å². The second kappa shape index (κ2) is 31.1. The molecule has 0 aromatic carbocycles. The van der Waals surface area contributed by atoms with E-state index in [2.05, 4.69) is 13.8 Å². The molecule has 0 rings (SSSR count). The Labute approximate surface area is 213 Å². The molecule has 0 unspecified atom stereocenters. The van der Waals surface area contributed by atoms with Gasteiger partial charge in [0.1, 0.15) is 11.6 Å². The minimum absolute atomic E-state index is 0.224. The van der Waals surface area contributed by atoms with Crippen molar-refractivity contribution >= 4 is 23.5 Å². The fraction of sp³-hybridized carbons (Fsp3) is 0.833. The summed E-state index contributed by atoms with van der Waals surface area (Å²) in [6, 6.07) is 0. The fourth-order valence-electron chi connectivity index (χ4n) is 2.20. The predicted molar refractivity (Wildman–Crippen MR) is 119 cm³/mol. The Kier molecular flexibility index (Phi) is 34.5. The summed E-state index contributed by atoms with van der Waals surface area (Å²) in [6.07, 6.45) is 10.3. The van der Waals surface area contributed by atoms with E-state index in [1.807, 2.05) is 13.8 Å². The first-order valence-electron chi connectivity index (χ1n) is 12.2. The number of carboxylic acid groups (broad SMARTS) is 2. The van der Waals surface area contributed by atoms with Crippen molar-refractivity contribution in [3.05, 3.63) is 0 Å². The van der Waals surface area contributed by atoms with Gasteiger partial charge in [-0.05, 0) is 12.8 Å². The zero-order valence-corrected chi connectivity index (χ0v) is 23.5. The molecule has 0 heterocycles. The zero-order chi connectivity index (χ0) is 25.7. The van der Waals surface area contributed by atoms with Crippen LogP contribution in [0.15, 0.2) is 0 Å². The van der Waals surface area contributed by atoms with Gasteiger partial charge >= 0.3 is 82.5 Å². The number of hydrogen-bond acceptors (Lipinski definition) is 8. The Morgan fingerprint density at radius 3 is 1.18 bits per heavy atom. The first kappa shape index (κ1) is 36.6. The van der Waals surface area contributed by atoms with E-state index in [1.165, 1.54) is 25.7 Å². The number of rotatable bonds is 20. The number of carbonyl (C=O) groups is 4. The maximum absolute atomic E-state index is 10.7. The van der Waals surface area contributed by atoms with E-state index >= 15 is 0 Å². The molecule has 0 aromatic heterocycles. The summed E-state index contributed by atoms with van der Waals surface area (Å²) in [6.45, 7) is 10.2. The number of unbranched alkanes of at least 4 members (excludes halogenated alkanes) is 6. The summed E-state index contributed by atoms with van der Waals surface area (Å²) in [7, 11) is 0. The topological polar surface area (TPSA) is 133 Å². The van der Waals surface area contributed by atoms with Gasteiger partial charge in [-0.3, -0.25) is 9.59 Å². The molecule has 9 heteroatoms. The molecule has 0 amide bonds. The molecule has 8 nitrogen and oxygen atoms in total. The van der Waals surface area contributed by atoms with Gasteiger partial charge in [-0.2, -0.15) is 0 Å². The van der Waals surface area contributed by atoms with Crippen LogP contribution in [0.5, 0.6) is 0 Å². The van der Waals surface area contributed by atoms with Gasteiger partial charge in [-0.25, -0.2) is 0 Å². The normalized spacial score (nSPS) is 9.58. The van der Waals surface area contributed by atoms with Crippen molar-refractivity contribution in [2.75, 3.05) is 13.2 Å². The van der Waals surface area contributed by atoms with Crippen LogP contribution in [0, 0.1) is 0 Å². The third-order valence-electron chi connectivity index (χ3n) is 4.12. The second-order valence-electron chi connectivity index (χ2n) is 7.58. The van der Waals surface area contributed by atoms with Crippen LogP contribution in [-0.2, 0) is 48.9 Å². The summed E-state index contributed by atoms with van der Waals surface area (Å²) in [5, 5.41) is 19.8. The third kappa shape index (κ3) is 41.8. The minimum atomic E-state index is -1.27. The molecule has 0 radical (unpaired) electrons. The van der Waals surface area contributed by atoms with Crippen LogP contribution in [-0.4, -0.2) is 36.7 Å². The van der Waals surface area contributed by atoms with Gasteiger partial charge in [0.25, 0.3) is 0 Å². The van der Waals surface area contributed by atoms with Gasteiger partial charge in [0.05, 0.1) is 0 Å². The number of Topliss-reactive ketones (excluding diaryl/α,β-unsaturated/α-hetero) is 2. The number of aliphatic carboxylic acids is 2. The van der Waals surface area contributed by atoms with Crippen molar-refractivity contribution in [1.29, 1.82) is 0 Å². The van der Waals surface area contributed by atoms with Gasteiger partial charge in [0.2, 0.25) is 0 Å². The molecule has 0 N–H and O–H groups in total. The van der Waals surface area contributed by atoms with E-state index < -0.39 is 48.9 Å². The molecule has 0 aliphatic carbocycles. The van der Waals surface area contributed by atoms with Crippen LogP contribution in [0.3, 0.4) is 0 Å². The molecule has 0 fully saturated rings. The fourth-order valence-corrected chi connectivity index (χ4v) is 3.53. The van der Waals surface area contributed by atoms with E-state index in [1.54, 1.807) is 0 Å². The molecule has 0 bridgehead atoms. The van der Waals surface area contributed by atoms with Crippen molar-refractivity contribution in [2.24, 2.45) is 0 Å². The van der Waals surface area contributed by atoms with Gasteiger partial charge in [0, 0.05) is 37.6 Å². The molecule has 0 aliphatic rings. The van der Waals surface area contributed by atoms with Gasteiger partial charge in [-0.15, -0.1) is 0 Å². The van der Waals surface area contributed by atoms with Crippen molar-refractivity contribution < 1.29 is 59.1 Å². The SMILES string of the molecule is CCCCCC(=O)CC(=O)[O-].CCCCCC(=O)CC(=O)[O-].CCCC[O][Zr+2][O]CCCC. The molecule has 0 atom stereocenters. The van der Waals surface area contributed by atoms with E-state index in [0.29, 0.717) is 12.8 Å². The summed E-state index contributed by atoms with van der Waals surface area (Å²) in [5.74, 6) is -2.99. The average Bonchev–Trinajstić information content (AvgIpc) is 2.73. The Balaban J connectivity index is -0.000000409. The Bertz CT molecular complexity index is 441. The maximum atomic E-state index is 10.7. The molecule has 192 valence electrons. The summed E-state index contributed by atoms with van der Waals surface area (Å²) in [4.78, 5) is 41.2. The number of hydrogen-bond donors (Lipinski definition) is 0. The van der Waals surface area contributed by atoms with Crippen LogP contribution in [0.25, 0.3) is 0 Å². The first-order valence-corrected chi connectivity index (χ1v) is 14.2. The van der Waals surface area contributed by atoms with Crippen LogP contribution < -0.4 is 10.2 Å². The van der Waals surface area contributed by atoms with Gasteiger partial charge in [-0.1, -0.05) is 39.5 Å². The summed E-state index contributed by atoms with van der Waals surface area (Å²) >= 11 is -0.876. The number of ketones is 2. The molecule has 0 spiro atoms.